The fourth-order valence-corrected chi connectivity index (χ4v) is 2.34. The van der Waals surface area contributed by atoms with Crippen molar-refractivity contribution in [3.63, 3.8) is 0 Å². The monoisotopic (exact) mass is 263 g/mol. The lowest BCUT2D eigenvalue weighted by Crippen LogP contribution is -2.39. The van der Waals surface area contributed by atoms with E-state index in [4.69, 9.17) is 4.52 Å². The minimum absolute atomic E-state index is 0.262. The topological polar surface area (TPSA) is 51.0 Å². The van der Waals surface area contributed by atoms with Crippen LogP contribution in [-0.2, 0) is 11.8 Å². The number of hydrogen-bond donors (Lipinski definition) is 1. The van der Waals surface area contributed by atoms with Gasteiger partial charge in [0, 0.05) is 0 Å². The predicted octanol–water partition coefficient (Wildman–Crippen LogP) is 2.21. The van der Waals surface area contributed by atoms with E-state index in [1.54, 1.807) is 0 Å². The molecule has 4 nitrogen and oxygen atoms in total. The molecule has 1 aromatic heterocycles. The molecule has 1 aromatic rings. The van der Waals surface area contributed by atoms with Gasteiger partial charge in [0.15, 0.2) is 5.82 Å². The predicted molar refractivity (Wildman–Crippen MR) is 58.1 cm³/mol. The number of nitrogens with one attached hydrogen (secondary N) is 1. The number of piperidine rings is 1. The number of aromatic nitrogens is 2. The Morgan fingerprint density at radius 3 is 2.56 bits per heavy atom. The van der Waals surface area contributed by atoms with Crippen LogP contribution in [0.25, 0.3) is 0 Å². The molecular formula is C11H16F3N3O. The van der Waals surface area contributed by atoms with E-state index in [-0.39, 0.29) is 11.2 Å². The SMILES string of the molecule is CCC1(c2nc(CC(F)(F)F)no2)CCNCC1. The first-order chi connectivity index (χ1) is 8.45. The van der Waals surface area contributed by atoms with Crippen molar-refractivity contribution in [1.29, 1.82) is 0 Å². The summed E-state index contributed by atoms with van der Waals surface area (Å²) >= 11 is 0. The van der Waals surface area contributed by atoms with Crippen molar-refractivity contribution in [3.8, 4) is 0 Å². The molecular weight excluding hydrogens is 247 g/mol. The number of alkyl halides is 3. The second-order valence-corrected chi connectivity index (χ2v) is 4.69. The van der Waals surface area contributed by atoms with E-state index >= 15 is 0 Å². The minimum atomic E-state index is -4.30. The van der Waals surface area contributed by atoms with Gasteiger partial charge in [0.2, 0.25) is 5.89 Å². The fraction of sp³-hybridized carbons (Fsp3) is 0.818. The highest BCUT2D eigenvalue weighted by Crippen LogP contribution is 2.35. The van der Waals surface area contributed by atoms with Gasteiger partial charge in [0.25, 0.3) is 0 Å². The lowest BCUT2D eigenvalue weighted by Gasteiger charge is -2.33. The van der Waals surface area contributed by atoms with Crippen LogP contribution in [0.5, 0.6) is 0 Å². The molecule has 2 rings (SSSR count). The van der Waals surface area contributed by atoms with E-state index in [1.807, 2.05) is 6.92 Å². The molecule has 2 heterocycles. The van der Waals surface area contributed by atoms with Gasteiger partial charge in [0.05, 0.1) is 5.41 Å². The summed E-state index contributed by atoms with van der Waals surface area (Å²) in [5, 5.41) is 6.66. The van der Waals surface area contributed by atoms with Gasteiger partial charge in [-0.1, -0.05) is 12.1 Å². The first-order valence-corrected chi connectivity index (χ1v) is 6.06. The van der Waals surface area contributed by atoms with Crippen LogP contribution in [-0.4, -0.2) is 29.4 Å². The summed E-state index contributed by atoms with van der Waals surface area (Å²) in [7, 11) is 0. The Labute approximate surface area is 103 Å². The molecule has 0 saturated carbocycles. The van der Waals surface area contributed by atoms with Crippen molar-refractivity contribution in [2.75, 3.05) is 13.1 Å². The molecule has 1 N–H and O–H groups in total. The fourth-order valence-electron chi connectivity index (χ4n) is 2.34. The number of hydrogen-bond acceptors (Lipinski definition) is 4. The molecule has 0 spiro atoms. The van der Waals surface area contributed by atoms with E-state index < -0.39 is 12.6 Å². The minimum Gasteiger partial charge on any atom is -0.339 e. The molecule has 0 bridgehead atoms. The normalized spacial score (nSPS) is 20.0. The summed E-state index contributed by atoms with van der Waals surface area (Å²) < 4.78 is 41.8. The van der Waals surface area contributed by atoms with Crippen LogP contribution in [0.15, 0.2) is 4.52 Å². The molecule has 1 fully saturated rings. The smallest absolute Gasteiger partial charge is 0.339 e. The highest BCUT2D eigenvalue weighted by Gasteiger charge is 2.38. The Morgan fingerprint density at radius 2 is 2.00 bits per heavy atom. The Kier molecular flexibility index (Phi) is 3.61. The van der Waals surface area contributed by atoms with Crippen LogP contribution in [0, 0.1) is 0 Å². The third kappa shape index (κ3) is 2.82. The van der Waals surface area contributed by atoms with E-state index in [2.05, 4.69) is 15.5 Å². The summed E-state index contributed by atoms with van der Waals surface area (Å²) in [6, 6.07) is 0. The molecule has 1 saturated heterocycles. The lowest BCUT2D eigenvalue weighted by molar-refractivity contribution is -0.128. The zero-order chi connectivity index (χ0) is 13.2. The lowest BCUT2D eigenvalue weighted by atomic mass is 9.76. The summed E-state index contributed by atoms with van der Waals surface area (Å²) in [4.78, 5) is 3.94. The first-order valence-electron chi connectivity index (χ1n) is 6.06. The summed E-state index contributed by atoms with van der Waals surface area (Å²) in [5.74, 6) is 0.0783. The zero-order valence-corrected chi connectivity index (χ0v) is 10.2. The van der Waals surface area contributed by atoms with E-state index in [0.717, 1.165) is 32.4 Å². The Morgan fingerprint density at radius 1 is 1.33 bits per heavy atom. The van der Waals surface area contributed by atoms with Crippen molar-refractivity contribution in [2.24, 2.45) is 0 Å². The van der Waals surface area contributed by atoms with Gasteiger partial charge >= 0.3 is 6.18 Å². The van der Waals surface area contributed by atoms with Crippen molar-refractivity contribution < 1.29 is 17.7 Å². The highest BCUT2D eigenvalue weighted by molar-refractivity contribution is 5.07. The molecule has 7 heteroatoms. The van der Waals surface area contributed by atoms with Gasteiger partial charge in [-0.2, -0.15) is 18.2 Å². The van der Waals surface area contributed by atoms with Crippen molar-refractivity contribution >= 4 is 0 Å². The number of halogens is 3. The Hall–Kier alpha value is -1.11. The molecule has 18 heavy (non-hydrogen) atoms. The quantitative estimate of drug-likeness (QED) is 0.908. The molecule has 0 radical (unpaired) electrons. The molecule has 1 aliphatic heterocycles. The maximum atomic E-state index is 12.2. The molecule has 1 aliphatic rings. The second kappa shape index (κ2) is 4.87. The summed E-state index contributed by atoms with van der Waals surface area (Å²) in [6.45, 7) is 3.65. The maximum Gasteiger partial charge on any atom is 0.396 e. The van der Waals surface area contributed by atoms with Gasteiger partial charge in [-0.25, -0.2) is 0 Å². The molecule has 102 valence electrons. The first kappa shape index (κ1) is 13.3. The van der Waals surface area contributed by atoms with Crippen LogP contribution in [0.4, 0.5) is 13.2 Å². The zero-order valence-electron chi connectivity index (χ0n) is 10.2. The maximum absolute atomic E-state index is 12.2. The van der Waals surface area contributed by atoms with Crippen LogP contribution < -0.4 is 5.32 Å². The van der Waals surface area contributed by atoms with E-state index in [1.165, 1.54) is 0 Å². The van der Waals surface area contributed by atoms with Gasteiger partial charge in [-0.3, -0.25) is 0 Å². The van der Waals surface area contributed by atoms with Crippen molar-refractivity contribution in [3.05, 3.63) is 11.7 Å². The Bertz CT molecular complexity index is 396. The number of rotatable bonds is 3. The van der Waals surface area contributed by atoms with Gasteiger partial charge < -0.3 is 9.84 Å². The van der Waals surface area contributed by atoms with Crippen molar-refractivity contribution in [2.45, 2.75) is 44.2 Å². The average molecular weight is 263 g/mol. The molecule has 0 aromatic carbocycles. The molecule has 0 aliphatic carbocycles. The molecule has 0 amide bonds. The average Bonchev–Trinajstić information content (AvgIpc) is 2.76. The summed E-state index contributed by atoms with van der Waals surface area (Å²) in [5.41, 5.74) is -0.262. The standard InChI is InChI=1S/C11H16F3N3O/c1-2-10(3-5-15-6-4-10)9-16-8(17-18-9)7-11(12,13)14/h15H,2-7H2,1H3. The molecule has 0 unspecified atom stereocenters. The van der Waals surface area contributed by atoms with E-state index in [9.17, 15) is 13.2 Å². The Balaban J connectivity index is 2.17. The van der Waals surface area contributed by atoms with Crippen LogP contribution >= 0.6 is 0 Å². The van der Waals surface area contributed by atoms with Crippen molar-refractivity contribution in [1.82, 2.24) is 15.5 Å². The number of nitrogens with zero attached hydrogens (tertiary/aromatic N) is 2. The largest absolute Gasteiger partial charge is 0.396 e. The molecule has 0 atom stereocenters. The van der Waals surface area contributed by atoms with Gasteiger partial charge in [0.1, 0.15) is 6.42 Å². The van der Waals surface area contributed by atoms with Crippen LogP contribution in [0.1, 0.15) is 37.9 Å². The van der Waals surface area contributed by atoms with Gasteiger partial charge in [-0.05, 0) is 32.4 Å². The highest BCUT2D eigenvalue weighted by atomic mass is 19.4. The van der Waals surface area contributed by atoms with Crippen LogP contribution in [0.3, 0.4) is 0 Å². The van der Waals surface area contributed by atoms with Gasteiger partial charge in [-0.15, -0.1) is 0 Å². The van der Waals surface area contributed by atoms with Crippen LogP contribution in [0.2, 0.25) is 0 Å². The third-order valence-electron chi connectivity index (χ3n) is 3.52. The second-order valence-electron chi connectivity index (χ2n) is 4.69. The van der Waals surface area contributed by atoms with E-state index in [0.29, 0.717) is 5.89 Å². The third-order valence-corrected chi connectivity index (χ3v) is 3.52. The summed E-state index contributed by atoms with van der Waals surface area (Å²) in [6.07, 6.45) is -3.00.